The van der Waals surface area contributed by atoms with Crippen molar-refractivity contribution in [3.05, 3.63) is 23.2 Å². The molecule has 3 N–H and O–H groups in total. The van der Waals surface area contributed by atoms with Gasteiger partial charge >= 0.3 is 5.91 Å². The molecule has 0 aromatic carbocycles. The van der Waals surface area contributed by atoms with E-state index in [1.165, 1.54) is 0 Å². The molecule has 6 nitrogen and oxygen atoms in total. The van der Waals surface area contributed by atoms with E-state index in [4.69, 9.17) is 10.3 Å². The zero-order valence-corrected chi connectivity index (χ0v) is 11.8. The molecule has 0 aliphatic carbocycles. The van der Waals surface area contributed by atoms with Crippen LogP contribution in [0, 0.1) is 6.92 Å². The third-order valence-electron chi connectivity index (χ3n) is 3.73. The minimum atomic E-state index is -0.379. The first-order valence-electron chi connectivity index (χ1n) is 6.54. The Hall–Kier alpha value is -1.37. The van der Waals surface area contributed by atoms with Crippen LogP contribution in [0.3, 0.4) is 0 Å². The third kappa shape index (κ3) is 3.15. The van der Waals surface area contributed by atoms with Crippen LogP contribution >= 0.6 is 0 Å². The molecule has 19 heavy (non-hydrogen) atoms. The number of hydrogen-bond acceptors (Lipinski definition) is 5. The van der Waals surface area contributed by atoms with Gasteiger partial charge in [0.05, 0.1) is 6.54 Å². The maximum absolute atomic E-state index is 11.5. The van der Waals surface area contributed by atoms with Gasteiger partial charge in [-0.1, -0.05) is 0 Å². The summed E-state index contributed by atoms with van der Waals surface area (Å²) in [4.78, 5) is 16.2. The van der Waals surface area contributed by atoms with Crippen LogP contribution < -0.4 is 11.3 Å². The Morgan fingerprint density at radius 3 is 2.95 bits per heavy atom. The average molecular weight is 266 g/mol. The van der Waals surface area contributed by atoms with Gasteiger partial charge in [0.15, 0.2) is 5.76 Å². The molecule has 1 saturated heterocycles. The number of hydrazine groups is 1. The number of nitrogens with two attached hydrogens (primary N) is 1. The normalized spacial score (nSPS) is 21.6. The van der Waals surface area contributed by atoms with E-state index in [9.17, 15) is 4.79 Å². The molecular formula is C13H22N4O2. The standard InChI is InChI=1S/C13H22N4O2/c1-9-6-11(19-12(9)13(18)15-14)8-17-5-4-16(3)10(2)7-17/h6,10H,4-5,7-8,14H2,1-3H3,(H,15,18). The van der Waals surface area contributed by atoms with Crippen molar-refractivity contribution in [1.82, 2.24) is 15.2 Å². The molecule has 1 unspecified atom stereocenters. The van der Waals surface area contributed by atoms with Crippen LogP contribution in [0.15, 0.2) is 10.5 Å². The molecule has 1 fully saturated rings. The smallest absolute Gasteiger partial charge is 0.301 e. The fraction of sp³-hybridized carbons (Fsp3) is 0.615. The minimum absolute atomic E-state index is 0.305. The van der Waals surface area contributed by atoms with Crippen LogP contribution in [0.25, 0.3) is 0 Å². The second-order valence-corrected chi connectivity index (χ2v) is 5.26. The number of piperazine rings is 1. The minimum Gasteiger partial charge on any atom is -0.454 e. The van der Waals surface area contributed by atoms with Gasteiger partial charge in [-0.15, -0.1) is 0 Å². The lowest BCUT2D eigenvalue weighted by atomic mass is 10.2. The first-order valence-corrected chi connectivity index (χ1v) is 6.54. The first-order chi connectivity index (χ1) is 9.01. The summed E-state index contributed by atoms with van der Waals surface area (Å²) in [5.74, 6) is 5.86. The van der Waals surface area contributed by atoms with Crippen LogP contribution in [0.4, 0.5) is 0 Å². The molecule has 2 heterocycles. The van der Waals surface area contributed by atoms with Crippen molar-refractivity contribution >= 4 is 5.91 Å². The number of furan rings is 1. The summed E-state index contributed by atoms with van der Waals surface area (Å²) in [5.41, 5.74) is 2.92. The van der Waals surface area contributed by atoms with Crippen molar-refractivity contribution in [3.8, 4) is 0 Å². The number of nitrogen functional groups attached to an aromatic ring is 1. The Balaban J connectivity index is 2.02. The average Bonchev–Trinajstić information content (AvgIpc) is 2.74. The van der Waals surface area contributed by atoms with Gasteiger partial charge in [0, 0.05) is 31.2 Å². The van der Waals surface area contributed by atoms with Crippen LogP contribution in [0.2, 0.25) is 0 Å². The van der Waals surface area contributed by atoms with Crippen LogP contribution in [0.5, 0.6) is 0 Å². The molecular weight excluding hydrogens is 244 g/mol. The van der Waals surface area contributed by atoms with Gasteiger partial charge < -0.3 is 9.32 Å². The predicted octanol–water partition coefficient (Wildman–Crippen LogP) is 0.327. The maximum Gasteiger partial charge on any atom is 0.301 e. The fourth-order valence-corrected chi connectivity index (χ4v) is 2.40. The SMILES string of the molecule is Cc1cc(CN2CCN(C)C(C)C2)oc1C(=O)NN. The van der Waals surface area contributed by atoms with Gasteiger partial charge in [0.1, 0.15) is 5.76 Å². The number of amides is 1. The molecule has 6 heteroatoms. The Kier molecular flexibility index (Phi) is 4.24. The van der Waals surface area contributed by atoms with E-state index in [1.54, 1.807) is 0 Å². The van der Waals surface area contributed by atoms with E-state index in [-0.39, 0.29) is 5.91 Å². The van der Waals surface area contributed by atoms with Crippen molar-refractivity contribution in [2.75, 3.05) is 26.7 Å². The van der Waals surface area contributed by atoms with Crippen LogP contribution in [-0.2, 0) is 6.54 Å². The highest BCUT2D eigenvalue weighted by Gasteiger charge is 2.22. The summed E-state index contributed by atoms with van der Waals surface area (Å²) in [7, 11) is 2.14. The monoisotopic (exact) mass is 266 g/mol. The number of likely N-dealkylation sites (N-methyl/N-ethyl adjacent to an activating group) is 1. The third-order valence-corrected chi connectivity index (χ3v) is 3.73. The summed E-state index contributed by atoms with van der Waals surface area (Å²) in [6.07, 6.45) is 0. The number of carbonyl (C=O) groups is 1. The van der Waals surface area contributed by atoms with E-state index >= 15 is 0 Å². The lowest BCUT2D eigenvalue weighted by Gasteiger charge is -2.37. The van der Waals surface area contributed by atoms with Crippen LogP contribution in [-0.4, -0.2) is 48.4 Å². The van der Waals surface area contributed by atoms with E-state index in [2.05, 4.69) is 29.2 Å². The Morgan fingerprint density at radius 2 is 2.32 bits per heavy atom. The number of hydrogen-bond donors (Lipinski definition) is 2. The highest BCUT2D eigenvalue weighted by molar-refractivity contribution is 5.92. The molecule has 1 aliphatic rings. The van der Waals surface area contributed by atoms with Crippen molar-refractivity contribution in [2.24, 2.45) is 5.84 Å². The molecule has 0 saturated carbocycles. The fourth-order valence-electron chi connectivity index (χ4n) is 2.40. The lowest BCUT2D eigenvalue weighted by molar-refractivity contribution is 0.0886. The number of nitrogens with zero attached hydrogens (tertiary/aromatic N) is 2. The van der Waals surface area contributed by atoms with Gasteiger partial charge in [-0.2, -0.15) is 0 Å². The van der Waals surface area contributed by atoms with Gasteiger partial charge in [-0.25, -0.2) is 5.84 Å². The van der Waals surface area contributed by atoms with E-state index < -0.39 is 0 Å². The zero-order chi connectivity index (χ0) is 14.0. The maximum atomic E-state index is 11.5. The first kappa shape index (κ1) is 14.0. The van der Waals surface area contributed by atoms with E-state index in [0.717, 1.165) is 37.5 Å². The van der Waals surface area contributed by atoms with E-state index in [1.807, 2.05) is 13.0 Å². The number of aryl methyl sites for hydroxylation is 1. The molecule has 0 bridgehead atoms. The molecule has 1 aromatic heterocycles. The zero-order valence-electron chi connectivity index (χ0n) is 11.8. The van der Waals surface area contributed by atoms with Gasteiger partial charge in [0.2, 0.25) is 0 Å². The molecule has 1 atom stereocenters. The Labute approximate surface area is 113 Å². The quantitative estimate of drug-likeness (QED) is 0.468. The van der Waals surface area contributed by atoms with Gasteiger partial charge in [-0.05, 0) is 27.0 Å². The van der Waals surface area contributed by atoms with Crippen molar-refractivity contribution in [1.29, 1.82) is 0 Å². The summed E-state index contributed by atoms with van der Waals surface area (Å²) >= 11 is 0. The number of nitrogens with one attached hydrogen (secondary N) is 1. The van der Waals surface area contributed by atoms with Gasteiger partial charge in [-0.3, -0.25) is 15.1 Å². The second-order valence-electron chi connectivity index (χ2n) is 5.26. The summed E-state index contributed by atoms with van der Waals surface area (Å²) in [6.45, 7) is 7.87. The molecule has 1 aliphatic heterocycles. The lowest BCUT2D eigenvalue weighted by Crippen LogP contribution is -2.49. The highest BCUT2D eigenvalue weighted by atomic mass is 16.4. The largest absolute Gasteiger partial charge is 0.454 e. The molecule has 2 rings (SSSR count). The van der Waals surface area contributed by atoms with Crippen LogP contribution in [0.1, 0.15) is 28.8 Å². The molecule has 0 radical (unpaired) electrons. The highest BCUT2D eigenvalue weighted by Crippen LogP contribution is 2.18. The second kappa shape index (κ2) is 5.73. The molecule has 106 valence electrons. The number of rotatable bonds is 3. The summed E-state index contributed by atoms with van der Waals surface area (Å²) in [5, 5.41) is 0. The Bertz CT molecular complexity index is 457. The summed E-state index contributed by atoms with van der Waals surface area (Å²) in [6, 6.07) is 2.45. The topological polar surface area (TPSA) is 74.7 Å². The van der Waals surface area contributed by atoms with Gasteiger partial charge in [0.25, 0.3) is 0 Å². The predicted molar refractivity (Wildman–Crippen MR) is 72.5 cm³/mol. The van der Waals surface area contributed by atoms with Crippen molar-refractivity contribution < 1.29 is 9.21 Å². The van der Waals surface area contributed by atoms with E-state index in [0.29, 0.717) is 11.8 Å². The molecule has 1 aromatic rings. The summed E-state index contributed by atoms with van der Waals surface area (Å²) < 4.78 is 5.58. The number of carbonyl (C=O) groups excluding carboxylic acids is 1. The van der Waals surface area contributed by atoms with Crippen molar-refractivity contribution in [2.45, 2.75) is 26.4 Å². The Morgan fingerprint density at radius 1 is 1.58 bits per heavy atom. The molecule has 1 amide bonds. The van der Waals surface area contributed by atoms with Crippen molar-refractivity contribution in [3.63, 3.8) is 0 Å². The molecule has 0 spiro atoms.